The van der Waals surface area contributed by atoms with Gasteiger partial charge in [-0.05, 0) is 12.5 Å². The molecule has 3 nitrogen and oxygen atoms in total. The predicted molar refractivity (Wildman–Crippen MR) is 75.0 cm³/mol. The third-order valence-electron chi connectivity index (χ3n) is 2.84. The molecule has 0 spiro atoms. The lowest BCUT2D eigenvalue weighted by molar-refractivity contribution is 0.199. The molecule has 19 heavy (non-hydrogen) atoms. The van der Waals surface area contributed by atoms with Gasteiger partial charge in [0.1, 0.15) is 0 Å². The van der Waals surface area contributed by atoms with E-state index in [1.54, 1.807) is 13.2 Å². The van der Waals surface area contributed by atoms with E-state index in [2.05, 4.69) is 12.2 Å². The van der Waals surface area contributed by atoms with Crippen LogP contribution in [0.25, 0.3) is 0 Å². The minimum atomic E-state index is -0.289. The molecule has 1 aromatic carbocycles. The van der Waals surface area contributed by atoms with Crippen molar-refractivity contribution in [1.82, 2.24) is 5.32 Å². The van der Waals surface area contributed by atoms with E-state index in [1.807, 2.05) is 6.07 Å². The lowest BCUT2D eigenvalue weighted by Gasteiger charge is -2.13. The molecule has 0 radical (unpaired) electrons. The fraction of sp³-hybridized carbons (Fsp3) is 0.600. The third kappa shape index (κ3) is 6.03. The van der Waals surface area contributed by atoms with Gasteiger partial charge in [-0.3, -0.25) is 0 Å². The van der Waals surface area contributed by atoms with Crippen molar-refractivity contribution in [3.8, 4) is 5.75 Å². The molecule has 0 unspecified atom stereocenters. The Kier molecular flexibility index (Phi) is 8.18. The Morgan fingerprint density at radius 2 is 2.05 bits per heavy atom. The van der Waals surface area contributed by atoms with Crippen molar-refractivity contribution in [3.05, 3.63) is 29.6 Å². The highest BCUT2D eigenvalue weighted by atomic mass is 19.1. The van der Waals surface area contributed by atoms with E-state index in [4.69, 9.17) is 9.47 Å². The quantitative estimate of drug-likeness (QED) is 0.662. The zero-order valence-corrected chi connectivity index (χ0v) is 11.9. The molecule has 1 rings (SSSR count). The van der Waals surface area contributed by atoms with E-state index < -0.39 is 0 Å². The molecule has 4 heteroatoms. The van der Waals surface area contributed by atoms with Gasteiger partial charge in [0.15, 0.2) is 11.6 Å². The molecule has 0 heterocycles. The van der Waals surface area contributed by atoms with Crippen molar-refractivity contribution in [2.45, 2.75) is 32.7 Å². The van der Waals surface area contributed by atoms with E-state index in [9.17, 15) is 4.39 Å². The van der Waals surface area contributed by atoms with E-state index in [-0.39, 0.29) is 5.82 Å². The number of rotatable bonds is 10. The summed E-state index contributed by atoms with van der Waals surface area (Å²) in [5.41, 5.74) is 0.854. The second kappa shape index (κ2) is 9.75. The van der Waals surface area contributed by atoms with Gasteiger partial charge in [0.2, 0.25) is 0 Å². The predicted octanol–water partition coefficient (Wildman–Crippen LogP) is 3.13. The number of nitrogens with one attached hydrogen (secondary N) is 1. The van der Waals surface area contributed by atoms with E-state index in [0.717, 1.165) is 31.4 Å². The topological polar surface area (TPSA) is 30.5 Å². The van der Waals surface area contributed by atoms with Gasteiger partial charge < -0.3 is 14.8 Å². The van der Waals surface area contributed by atoms with Crippen LogP contribution in [0, 0.1) is 5.82 Å². The summed E-state index contributed by atoms with van der Waals surface area (Å²) in [5, 5.41) is 3.20. The number of halogens is 1. The smallest absolute Gasteiger partial charge is 0.165 e. The summed E-state index contributed by atoms with van der Waals surface area (Å²) in [6.07, 6.45) is 3.20. The monoisotopic (exact) mass is 269 g/mol. The second-order valence-corrected chi connectivity index (χ2v) is 4.45. The van der Waals surface area contributed by atoms with Crippen LogP contribution in [0.15, 0.2) is 18.2 Å². The lowest BCUT2D eigenvalue weighted by atomic mass is 10.2. The number of para-hydroxylation sites is 1. The van der Waals surface area contributed by atoms with Gasteiger partial charge in [-0.15, -0.1) is 0 Å². The molecule has 108 valence electrons. The Bertz CT molecular complexity index is 358. The van der Waals surface area contributed by atoms with Crippen molar-refractivity contribution in [3.63, 3.8) is 0 Å². The first-order valence-electron chi connectivity index (χ1n) is 6.89. The van der Waals surface area contributed by atoms with Crippen molar-refractivity contribution in [2.24, 2.45) is 0 Å². The number of unbranched alkanes of at least 4 members (excludes halogenated alkanes) is 2. The molecular weight excluding hydrogens is 245 g/mol. The van der Waals surface area contributed by atoms with Gasteiger partial charge >= 0.3 is 0 Å². The summed E-state index contributed by atoms with van der Waals surface area (Å²) < 4.78 is 24.3. The summed E-state index contributed by atoms with van der Waals surface area (Å²) >= 11 is 0. The molecular formula is C15H24FNO2. The van der Waals surface area contributed by atoms with Crippen LogP contribution in [0.1, 0.15) is 31.7 Å². The molecule has 0 bridgehead atoms. The molecule has 0 aliphatic heterocycles. The molecule has 0 aromatic heterocycles. The van der Waals surface area contributed by atoms with Crippen LogP contribution in [-0.2, 0) is 11.3 Å². The lowest BCUT2D eigenvalue weighted by Crippen LogP contribution is -2.19. The summed E-state index contributed by atoms with van der Waals surface area (Å²) in [6.45, 7) is 4.67. The highest BCUT2D eigenvalue weighted by Crippen LogP contribution is 2.22. The first kappa shape index (κ1) is 15.9. The molecule has 1 aromatic rings. The van der Waals surface area contributed by atoms with Crippen LogP contribution in [0.3, 0.4) is 0 Å². The molecule has 1 N–H and O–H groups in total. The number of hydrogen-bond donors (Lipinski definition) is 1. The summed E-state index contributed by atoms with van der Waals surface area (Å²) in [6, 6.07) is 5.04. The maximum absolute atomic E-state index is 13.8. The minimum absolute atomic E-state index is 0.289. The number of hydrogen-bond acceptors (Lipinski definition) is 3. The molecule has 0 amide bonds. The zero-order valence-electron chi connectivity index (χ0n) is 11.9. The van der Waals surface area contributed by atoms with Gasteiger partial charge in [0.25, 0.3) is 0 Å². The number of benzene rings is 1. The van der Waals surface area contributed by atoms with Gasteiger partial charge in [0, 0.05) is 25.8 Å². The van der Waals surface area contributed by atoms with Crippen LogP contribution >= 0.6 is 0 Å². The van der Waals surface area contributed by atoms with Crippen LogP contribution in [0.2, 0.25) is 0 Å². The Hall–Kier alpha value is -1.13. The SMILES string of the molecule is CCCCCOc1c(F)cccc1CNCCOC. The maximum Gasteiger partial charge on any atom is 0.165 e. The Labute approximate surface area is 115 Å². The Morgan fingerprint density at radius 3 is 2.79 bits per heavy atom. The normalized spacial score (nSPS) is 10.7. The average molecular weight is 269 g/mol. The van der Waals surface area contributed by atoms with E-state index >= 15 is 0 Å². The third-order valence-corrected chi connectivity index (χ3v) is 2.84. The van der Waals surface area contributed by atoms with Crippen LogP contribution in [0.4, 0.5) is 4.39 Å². The molecule has 0 fully saturated rings. The van der Waals surface area contributed by atoms with Crippen LogP contribution < -0.4 is 10.1 Å². The summed E-state index contributed by atoms with van der Waals surface area (Å²) in [4.78, 5) is 0. The highest BCUT2D eigenvalue weighted by Gasteiger charge is 2.09. The number of ether oxygens (including phenoxy) is 2. The summed E-state index contributed by atoms with van der Waals surface area (Å²) in [7, 11) is 1.66. The van der Waals surface area contributed by atoms with Crippen molar-refractivity contribution in [1.29, 1.82) is 0 Å². The molecule has 0 saturated heterocycles. The van der Waals surface area contributed by atoms with Crippen LogP contribution in [0.5, 0.6) is 5.75 Å². The fourth-order valence-corrected chi connectivity index (χ4v) is 1.78. The Morgan fingerprint density at radius 1 is 1.21 bits per heavy atom. The standard InChI is InChI=1S/C15H24FNO2/c1-3-4-5-10-19-15-13(7-6-8-14(15)16)12-17-9-11-18-2/h6-8,17H,3-5,9-12H2,1-2H3. The fourth-order valence-electron chi connectivity index (χ4n) is 1.78. The Balaban J connectivity index is 2.51. The van der Waals surface area contributed by atoms with Gasteiger partial charge in [-0.2, -0.15) is 0 Å². The zero-order chi connectivity index (χ0) is 13.9. The second-order valence-electron chi connectivity index (χ2n) is 4.45. The summed E-state index contributed by atoms with van der Waals surface area (Å²) in [5.74, 6) is 0.0889. The van der Waals surface area contributed by atoms with Crippen molar-refractivity contribution < 1.29 is 13.9 Å². The van der Waals surface area contributed by atoms with E-state index in [1.165, 1.54) is 6.07 Å². The minimum Gasteiger partial charge on any atom is -0.490 e. The largest absolute Gasteiger partial charge is 0.490 e. The first-order valence-corrected chi connectivity index (χ1v) is 6.89. The number of methoxy groups -OCH3 is 1. The highest BCUT2D eigenvalue weighted by molar-refractivity contribution is 5.34. The average Bonchev–Trinajstić information content (AvgIpc) is 2.42. The van der Waals surface area contributed by atoms with Crippen molar-refractivity contribution >= 4 is 0 Å². The van der Waals surface area contributed by atoms with Gasteiger partial charge in [-0.25, -0.2) is 4.39 Å². The molecule has 0 saturated carbocycles. The van der Waals surface area contributed by atoms with Crippen LogP contribution in [-0.4, -0.2) is 26.9 Å². The van der Waals surface area contributed by atoms with Crippen molar-refractivity contribution in [2.75, 3.05) is 26.9 Å². The molecule has 0 aliphatic carbocycles. The van der Waals surface area contributed by atoms with E-state index in [0.29, 0.717) is 25.5 Å². The van der Waals surface area contributed by atoms with Gasteiger partial charge in [-0.1, -0.05) is 31.9 Å². The maximum atomic E-state index is 13.8. The molecule has 0 atom stereocenters. The van der Waals surface area contributed by atoms with Gasteiger partial charge in [0.05, 0.1) is 13.2 Å². The molecule has 0 aliphatic rings. The first-order chi connectivity index (χ1) is 9.29.